The molecule has 140 valence electrons. The molecule has 1 aromatic carbocycles. The van der Waals surface area contributed by atoms with E-state index in [2.05, 4.69) is 31.9 Å². The van der Waals surface area contributed by atoms with Gasteiger partial charge < -0.3 is 15.0 Å². The van der Waals surface area contributed by atoms with Crippen molar-refractivity contribution in [3.8, 4) is 0 Å². The van der Waals surface area contributed by atoms with Crippen LogP contribution in [-0.4, -0.2) is 52.7 Å². The maximum atomic E-state index is 12.3. The maximum Gasteiger partial charge on any atom is 0.230 e. The predicted molar refractivity (Wildman–Crippen MR) is 102 cm³/mol. The Morgan fingerprint density at radius 1 is 1.27 bits per heavy atom. The number of nitrogens with one attached hydrogen (secondary N) is 1. The minimum absolute atomic E-state index is 0.00933. The zero-order valence-electron chi connectivity index (χ0n) is 15.2. The van der Waals surface area contributed by atoms with E-state index in [9.17, 15) is 4.79 Å². The molecule has 26 heavy (non-hydrogen) atoms. The molecule has 3 rings (SSSR count). The molecular weight excluding hydrogens is 350 g/mol. The number of morpholine rings is 1. The van der Waals surface area contributed by atoms with E-state index >= 15 is 0 Å². The largest absolute Gasteiger partial charge is 0.378 e. The lowest BCUT2D eigenvalue weighted by molar-refractivity contribution is -0.119. The fraction of sp³-hybridized carbons (Fsp3) is 0.500. The lowest BCUT2D eigenvalue weighted by Gasteiger charge is -2.27. The lowest BCUT2D eigenvalue weighted by atomic mass is 10.1. The molecule has 1 aliphatic rings. The third-order valence-corrected chi connectivity index (χ3v) is 5.28. The van der Waals surface area contributed by atoms with Crippen LogP contribution in [0, 0.1) is 0 Å². The minimum Gasteiger partial charge on any atom is -0.378 e. The molecular formula is C18H25N5O2S. The van der Waals surface area contributed by atoms with E-state index in [4.69, 9.17) is 4.74 Å². The van der Waals surface area contributed by atoms with Gasteiger partial charge in [-0.15, -0.1) is 10.2 Å². The molecule has 0 spiro atoms. The summed E-state index contributed by atoms with van der Waals surface area (Å²) in [7, 11) is 0. The number of anilines is 1. The third-order valence-electron chi connectivity index (χ3n) is 4.32. The van der Waals surface area contributed by atoms with E-state index < -0.39 is 0 Å². The highest BCUT2D eigenvalue weighted by Crippen LogP contribution is 2.22. The molecule has 7 nitrogen and oxygen atoms in total. The second-order valence-corrected chi connectivity index (χ2v) is 7.06. The van der Waals surface area contributed by atoms with Gasteiger partial charge in [-0.2, -0.15) is 0 Å². The Bertz CT molecular complexity index is 716. The third kappa shape index (κ3) is 4.56. The first-order valence-electron chi connectivity index (χ1n) is 8.92. The highest BCUT2D eigenvalue weighted by Gasteiger charge is 2.20. The highest BCUT2D eigenvalue weighted by molar-refractivity contribution is 7.99. The maximum absolute atomic E-state index is 12.3. The van der Waals surface area contributed by atoms with Crippen molar-refractivity contribution in [2.75, 3.05) is 37.0 Å². The molecule has 0 radical (unpaired) electrons. The van der Waals surface area contributed by atoms with Gasteiger partial charge in [0.1, 0.15) is 0 Å². The van der Waals surface area contributed by atoms with Crippen molar-refractivity contribution < 1.29 is 9.53 Å². The van der Waals surface area contributed by atoms with Gasteiger partial charge in [0.15, 0.2) is 5.16 Å². The summed E-state index contributed by atoms with van der Waals surface area (Å²) in [5.41, 5.74) is 1.09. The number of carbonyl (C=O) groups excluding carboxylic acids is 1. The Morgan fingerprint density at radius 3 is 2.69 bits per heavy atom. The zero-order chi connectivity index (χ0) is 18.4. The van der Waals surface area contributed by atoms with E-state index in [1.807, 2.05) is 37.3 Å². The van der Waals surface area contributed by atoms with Crippen LogP contribution in [0.15, 0.2) is 35.5 Å². The standard InChI is InChI=1S/C18H25N5O2S/c1-3-23-17(22-9-11-25-12-10-22)20-21-18(23)26-13-16(24)19-14(2)15-7-5-4-6-8-15/h4-8,14H,3,9-13H2,1-2H3,(H,19,24)/t14-/m1/s1. The van der Waals surface area contributed by atoms with Crippen molar-refractivity contribution in [1.29, 1.82) is 0 Å². The smallest absolute Gasteiger partial charge is 0.230 e. The van der Waals surface area contributed by atoms with Crippen molar-refractivity contribution in [3.63, 3.8) is 0 Å². The summed E-state index contributed by atoms with van der Waals surface area (Å²) in [6, 6.07) is 9.93. The van der Waals surface area contributed by atoms with Gasteiger partial charge in [-0.1, -0.05) is 42.1 Å². The Kier molecular flexibility index (Phi) is 6.51. The molecule has 1 fully saturated rings. The summed E-state index contributed by atoms with van der Waals surface area (Å²) in [5.74, 6) is 1.17. The number of ether oxygens (including phenoxy) is 1. The first-order valence-corrected chi connectivity index (χ1v) is 9.90. The first kappa shape index (κ1) is 18.7. The van der Waals surface area contributed by atoms with Crippen LogP contribution in [0.25, 0.3) is 0 Å². The van der Waals surface area contributed by atoms with Gasteiger partial charge in [0.05, 0.1) is 25.0 Å². The normalized spacial score (nSPS) is 15.7. The molecule has 0 saturated carbocycles. The van der Waals surface area contributed by atoms with Crippen molar-refractivity contribution in [1.82, 2.24) is 20.1 Å². The predicted octanol–water partition coefficient (Wildman–Crippen LogP) is 2.10. The van der Waals surface area contributed by atoms with Gasteiger partial charge in [-0.3, -0.25) is 9.36 Å². The highest BCUT2D eigenvalue weighted by atomic mass is 32.2. The van der Waals surface area contributed by atoms with Crippen molar-refractivity contribution in [2.24, 2.45) is 0 Å². The van der Waals surface area contributed by atoms with Crippen LogP contribution < -0.4 is 10.2 Å². The summed E-state index contributed by atoms with van der Waals surface area (Å²) in [6.45, 7) is 7.87. The van der Waals surface area contributed by atoms with Gasteiger partial charge in [-0.05, 0) is 19.4 Å². The average Bonchev–Trinajstić information content (AvgIpc) is 3.10. The molecule has 2 aromatic rings. The molecule has 1 atom stereocenters. The van der Waals surface area contributed by atoms with Gasteiger partial charge >= 0.3 is 0 Å². The second kappa shape index (κ2) is 9.05. The monoisotopic (exact) mass is 375 g/mol. The molecule has 0 bridgehead atoms. The molecule has 1 saturated heterocycles. The Balaban J connectivity index is 1.57. The second-order valence-electron chi connectivity index (χ2n) is 6.11. The number of rotatable bonds is 7. The molecule has 0 unspecified atom stereocenters. The topological polar surface area (TPSA) is 72.3 Å². The van der Waals surface area contributed by atoms with Crippen LogP contribution in [-0.2, 0) is 16.1 Å². The SMILES string of the molecule is CCn1c(SCC(=O)N[C@H](C)c2ccccc2)nnc1N1CCOCC1. The number of benzene rings is 1. The summed E-state index contributed by atoms with van der Waals surface area (Å²) in [4.78, 5) is 14.5. The molecule has 2 heterocycles. The fourth-order valence-electron chi connectivity index (χ4n) is 2.90. The Labute approximate surface area is 158 Å². The number of hydrogen-bond acceptors (Lipinski definition) is 6. The molecule has 8 heteroatoms. The number of nitrogens with zero attached hydrogens (tertiary/aromatic N) is 4. The van der Waals surface area contributed by atoms with E-state index in [0.29, 0.717) is 19.0 Å². The van der Waals surface area contributed by atoms with Crippen molar-refractivity contribution in [3.05, 3.63) is 35.9 Å². The van der Waals surface area contributed by atoms with E-state index in [0.717, 1.165) is 36.3 Å². The number of aromatic nitrogens is 3. The number of hydrogen-bond donors (Lipinski definition) is 1. The summed E-state index contributed by atoms with van der Waals surface area (Å²) >= 11 is 1.42. The quantitative estimate of drug-likeness (QED) is 0.748. The van der Waals surface area contributed by atoms with E-state index in [1.54, 1.807) is 0 Å². The molecule has 1 N–H and O–H groups in total. The van der Waals surface area contributed by atoms with Gasteiger partial charge in [0.2, 0.25) is 11.9 Å². The lowest BCUT2D eigenvalue weighted by Crippen LogP contribution is -2.38. The minimum atomic E-state index is -0.0164. The number of carbonyl (C=O) groups is 1. The number of amides is 1. The summed E-state index contributed by atoms with van der Waals surface area (Å²) < 4.78 is 7.46. The van der Waals surface area contributed by atoms with E-state index in [-0.39, 0.29) is 11.9 Å². The molecule has 1 amide bonds. The van der Waals surface area contributed by atoms with Crippen LogP contribution in [0.1, 0.15) is 25.5 Å². The first-order chi connectivity index (χ1) is 12.7. The van der Waals surface area contributed by atoms with Crippen LogP contribution in [0.4, 0.5) is 5.95 Å². The summed E-state index contributed by atoms with van der Waals surface area (Å²) in [6.07, 6.45) is 0. The van der Waals surface area contributed by atoms with Gasteiger partial charge in [0.25, 0.3) is 0 Å². The Hall–Kier alpha value is -2.06. The molecule has 1 aromatic heterocycles. The van der Waals surface area contributed by atoms with Crippen LogP contribution in [0.5, 0.6) is 0 Å². The van der Waals surface area contributed by atoms with E-state index in [1.165, 1.54) is 11.8 Å². The van der Waals surface area contributed by atoms with Crippen molar-refractivity contribution >= 4 is 23.6 Å². The van der Waals surface area contributed by atoms with Crippen LogP contribution in [0.3, 0.4) is 0 Å². The van der Waals surface area contributed by atoms with Crippen LogP contribution in [0.2, 0.25) is 0 Å². The van der Waals surface area contributed by atoms with Crippen molar-refractivity contribution in [2.45, 2.75) is 31.6 Å². The molecule has 0 aliphatic carbocycles. The van der Waals surface area contributed by atoms with Gasteiger partial charge in [-0.25, -0.2) is 0 Å². The zero-order valence-corrected chi connectivity index (χ0v) is 16.0. The number of thioether (sulfide) groups is 1. The van der Waals surface area contributed by atoms with Crippen LogP contribution >= 0.6 is 11.8 Å². The Morgan fingerprint density at radius 2 is 2.00 bits per heavy atom. The summed E-state index contributed by atoms with van der Waals surface area (Å²) in [5, 5.41) is 12.4. The average molecular weight is 375 g/mol. The van der Waals surface area contributed by atoms with Gasteiger partial charge in [0, 0.05) is 19.6 Å². The molecule has 1 aliphatic heterocycles. The fourth-order valence-corrected chi connectivity index (χ4v) is 3.71.